The third-order valence-corrected chi connectivity index (χ3v) is 3.93. The molecule has 0 bridgehead atoms. The molecule has 1 aromatic carbocycles. The van der Waals surface area contributed by atoms with Gasteiger partial charge in [-0.25, -0.2) is 0 Å². The summed E-state index contributed by atoms with van der Waals surface area (Å²) < 4.78 is 1.22. The molecule has 0 aromatic heterocycles. The Kier molecular flexibility index (Phi) is 4.82. The van der Waals surface area contributed by atoms with E-state index in [2.05, 4.69) is 53.5 Å². The molecule has 3 heteroatoms. The monoisotopic (exact) mass is 273 g/mol. The molecular formula is C11H16BrNS. The Morgan fingerprint density at radius 3 is 2.36 bits per heavy atom. The van der Waals surface area contributed by atoms with Gasteiger partial charge in [-0.1, -0.05) is 15.9 Å². The minimum Gasteiger partial charge on any atom is -0.384 e. The molecule has 0 aliphatic rings. The first kappa shape index (κ1) is 11.9. The Morgan fingerprint density at radius 2 is 1.86 bits per heavy atom. The molecule has 0 aliphatic carbocycles. The molecule has 0 atom stereocenters. The van der Waals surface area contributed by atoms with Crippen molar-refractivity contribution in [1.29, 1.82) is 0 Å². The Bertz CT molecular complexity index is 289. The Balaban J connectivity index is 2.69. The van der Waals surface area contributed by atoms with Gasteiger partial charge in [-0.15, -0.1) is 0 Å². The Morgan fingerprint density at radius 1 is 1.29 bits per heavy atom. The van der Waals surface area contributed by atoms with Crippen LogP contribution in [0.15, 0.2) is 16.6 Å². The SMILES string of the molecule is CSCCNc1cc(C)c(Br)c(C)c1. The van der Waals surface area contributed by atoms with Crippen molar-refractivity contribution in [3.05, 3.63) is 27.7 Å². The molecule has 0 aliphatic heterocycles. The van der Waals surface area contributed by atoms with Crippen LogP contribution in [0, 0.1) is 13.8 Å². The number of rotatable bonds is 4. The average Bonchev–Trinajstić information content (AvgIpc) is 2.14. The van der Waals surface area contributed by atoms with Crippen LogP contribution in [0.4, 0.5) is 5.69 Å². The van der Waals surface area contributed by atoms with E-state index >= 15 is 0 Å². The predicted octanol–water partition coefficient (Wildman–Crippen LogP) is 3.84. The van der Waals surface area contributed by atoms with Gasteiger partial charge < -0.3 is 5.32 Å². The van der Waals surface area contributed by atoms with Crippen molar-refractivity contribution in [2.75, 3.05) is 23.9 Å². The maximum absolute atomic E-state index is 3.56. The number of nitrogens with one attached hydrogen (secondary N) is 1. The van der Waals surface area contributed by atoms with Crippen molar-refractivity contribution >= 4 is 33.4 Å². The zero-order chi connectivity index (χ0) is 10.6. The summed E-state index contributed by atoms with van der Waals surface area (Å²) in [5.41, 5.74) is 3.80. The maximum Gasteiger partial charge on any atom is 0.0346 e. The van der Waals surface area contributed by atoms with Gasteiger partial charge in [0.1, 0.15) is 0 Å². The maximum atomic E-state index is 3.56. The molecule has 0 heterocycles. The van der Waals surface area contributed by atoms with E-state index in [0.29, 0.717) is 0 Å². The molecule has 14 heavy (non-hydrogen) atoms. The normalized spacial score (nSPS) is 10.3. The molecule has 0 unspecified atom stereocenters. The lowest BCUT2D eigenvalue weighted by atomic mass is 10.1. The second-order valence-corrected chi connectivity index (χ2v) is 5.12. The van der Waals surface area contributed by atoms with Gasteiger partial charge in [0, 0.05) is 22.5 Å². The van der Waals surface area contributed by atoms with E-state index in [0.717, 1.165) is 12.3 Å². The summed E-state index contributed by atoms with van der Waals surface area (Å²) in [6, 6.07) is 4.36. The molecule has 1 N–H and O–H groups in total. The molecule has 1 nitrogen and oxygen atoms in total. The van der Waals surface area contributed by atoms with Crippen molar-refractivity contribution in [1.82, 2.24) is 0 Å². The fraction of sp³-hybridized carbons (Fsp3) is 0.455. The van der Waals surface area contributed by atoms with Gasteiger partial charge in [0.15, 0.2) is 0 Å². The summed E-state index contributed by atoms with van der Waals surface area (Å²) in [7, 11) is 0. The fourth-order valence-electron chi connectivity index (χ4n) is 1.35. The third-order valence-electron chi connectivity index (χ3n) is 2.07. The van der Waals surface area contributed by atoms with Gasteiger partial charge in [-0.05, 0) is 43.4 Å². The van der Waals surface area contributed by atoms with E-state index in [1.807, 2.05) is 11.8 Å². The van der Waals surface area contributed by atoms with Crippen molar-refractivity contribution in [3.8, 4) is 0 Å². The number of thioether (sulfide) groups is 1. The van der Waals surface area contributed by atoms with Crippen molar-refractivity contribution < 1.29 is 0 Å². The number of halogens is 1. The first-order valence-electron chi connectivity index (χ1n) is 4.64. The summed E-state index contributed by atoms with van der Waals surface area (Å²) in [6.45, 7) is 5.27. The van der Waals surface area contributed by atoms with E-state index in [1.54, 1.807) is 0 Å². The zero-order valence-electron chi connectivity index (χ0n) is 8.86. The van der Waals surface area contributed by atoms with E-state index in [1.165, 1.54) is 21.3 Å². The Labute approximate surface area is 98.8 Å². The van der Waals surface area contributed by atoms with Crippen LogP contribution in [-0.4, -0.2) is 18.6 Å². The van der Waals surface area contributed by atoms with Gasteiger partial charge in [0.25, 0.3) is 0 Å². The molecular weight excluding hydrogens is 258 g/mol. The summed E-state index contributed by atoms with van der Waals surface area (Å²) >= 11 is 5.42. The third kappa shape index (κ3) is 3.21. The molecule has 0 saturated heterocycles. The lowest BCUT2D eigenvalue weighted by molar-refractivity contribution is 1.21. The summed E-state index contributed by atoms with van der Waals surface area (Å²) in [5, 5.41) is 3.41. The number of aryl methyl sites for hydroxylation is 2. The second kappa shape index (κ2) is 5.66. The number of hydrogen-bond donors (Lipinski definition) is 1. The first-order chi connectivity index (χ1) is 6.65. The smallest absolute Gasteiger partial charge is 0.0346 e. The highest BCUT2D eigenvalue weighted by molar-refractivity contribution is 9.10. The van der Waals surface area contributed by atoms with E-state index in [4.69, 9.17) is 0 Å². The number of benzene rings is 1. The van der Waals surface area contributed by atoms with Gasteiger partial charge in [0.2, 0.25) is 0 Å². The van der Waals surface area contributed by atoms with E-state index in [9.17, 15) is 0 Å². The molecule has 0 amide bonds. The second-order valence-electron chi connectivity index (χ2n) is 3.34. The Hall–Kier alpha value is -0.150. The van der Waals surface area contributed by atoms with E-state index < -0.39 is 0 Å². The quantitative estimate of drug-likeness (QED) is 0.837. The highest BCUT2D eigenvalue weighted by Gasteiger charge is 2.01. The van der Waals surface area contributed by atoms with Crippen LogP contribution in [-0.2, 0) is 0 Å². The van der Waals surface area contributed by atoms with E-state index in [-0.39, 0.29) is 0 Å². The highest BCUT2D eigenvalue weighted by Crippen LogP contribution is 2.24. The highest BCUT2D eigenvalue weighted by atomic mass is 79.9. The number of anilines is 1. The summed E-state index contributed by atoms with van der Waals surface area (Å²) in [5.74, 6) is 1.15. The van der Waals surface area contributed by atoms with Crippen molar-refractivity contribution in [2.45, 2.75) is 13.8 Å². The topological polar surface area (TPSA) is 12.0 Å². The van der Waals surface area contributed by atoms with Crippen LogP contribution in [0.2, 0.25) is 0 Å². The molecule has 78 valence electrons. The van der Waals surface area contributed by atoms with Gasteiger partial charge in [-0.3, -0.25) is 0 Å². The van der Waals surface area contributed by atoms with Crippen molar-refractivity contribution in [3.63, 3.8) is 0 Å². The van der Waals surface area contributed by atoms with Crippen LogP contribution in [0.25, 0.3) is 0 Å². The van der Waals surface area contributed by atoms with Crippen LogP contribution in [0.3, 0.4) is 0 Å². The minimum absolute atomic E-state index is 1.03. The van der Waals surface area contributed by atoms with Gasteiger partial charge in [0.05, 0.1) is 0 Å². The largest absolute Gasteiger partial charge is 0.384 e. The average molecular weight is 274 g/mol. The standard InChI is InChI=1S/C11H16BrNS/c1-8-6-10(13-4-5-14-3)7-9(2)11(8)12/h6-7,13H,4-5H2,1-3H3. The van der Waals surface area contributed by atoms with Crippen LogP contribution >= 0.6 is 27.7 Å². The van der Waals surface area contributed by atoms with Gasteiger partial charge >= 0.3 is 0 Å². The molecule has 0 radical (unpaired) electrons. The van der Waals surface area contributed by atoms with Gasteiger partial charge in [-0.2, -0.15) is 11.8 Å². The lowest BCUT2D eigenvalue weighted by Crippen LogP contribution is -2.04. The van der Waals surface area contributed by atoms with Crippen LogP contribution < -0.4 is 5.32 Å². The lowest BCUT2D eigenvalue weighted by Gasteiger charge is -2.09. The predicted molar refractivity (Wildman–Crippen MR) is 70.5 cm³/mol. The molecule has 1 rings (SSSR count). The molecule has 0 saturated carbocycles. The summed E-state index contributed by atoms with van der Waals surface area (Å²) in [6.07, 6.45) is 2.12. The molecule has 0 fully saturated rings. The molecule has 0 spiro atoms. The molecule has 1 aromatic rings. The fourth-order valence-corrected chi connectivity index (χ4v) is 1.88. The summed E-state index contributed by atoms with van der Waals surface area (Å²) in [4.78, 5) is 0. The zero-order valence-corrected chi connectivity index (χ0v) is 11.3. The van der Waals surface area contributed by atoms with Crippen molar-refractivity contribution in [2.24, 2.45) is 0 Å². The first-order valence-corrected chi connectivity index (χ1v) is 6.83. The van der Waals surface area contributed by atoms with Crippen LogP contribution in [0.1, 0.15) is 11.1 Å². The number of hydrogen-bond acceptors (Lipinski definition) is 2. The van der Waals surface area contributed by atoms with Crippen LogP contribution in [0.5, 0.6) is 0 Å². The minimum atomic E-state index is 1.03.